The highest BCUT2D eigenvalue weighted by atomic mass is 16.4. The minimum atomic E-state index is -1.12. The first-order chi connectivity index (χ1) is 13.3. The SMILES string of the molecule is Cc1ccc(C(C)CC(c2ccc(C)cc2)c2ccc(O)c(C(=O)O)c2)cc1. The Morgan fingerprint density at radius 3 is 1.86 bits per heavy atom. The van der Waals surface area contributed by atoms with Gasteiger partial charge < -0.3 is 10.2 Å². The van der Waals surface area contributed by atoms with Gasteiger partial charge in [0.2, 0.25) is 0 Å². The summed E-state index contributed by atoms with van der Waals surface area (Å²) >= 11 is 0. The van der Waals surface area contributed by atoms with Crippen LogP contribution in [-0.2, 0) is 0 Å². The summed E-state index contributed by atoms with van der Waals surface area (Å²) in [5.74, 6) is -0.983. The van der Waals surface area contributed by atoms with E-state index in [1.165, 1.54) is 22.8 Å². The van der Waals surface area contributed by atoms with Crippen molar-refractivity contribution in [2.75, 3.05) is 0 Å². The Morgan fingerprint density at radius 2 is 1.32 bits per heavy atom. The molecule has 3 aromatic carbocycles. The maximum atomic E-state index is 11.5. The standard InChI is InChI=1S/C25H26O3/c1-16-4-8-19(9-5-16)18(3)14-22(20-10-6-17(2)7-11-20)21-12-13-24(26)23(15-21)25(27)28/h4-13,15,18,22,26H,14H2,1-3H3,(H,27,28). The van der Waals surface area contributed by atoms with Crippen molar-refractivity contribution in [2.45, 2.75) is 39.0 Å². The van der Waals surface area contributed by atoms with Crippen molar-refractivity contribution >= 4 is 5.97 Å². The number of phenols is 1. The topological polar surface area (TPSA) is 57.5 Å². The van der Waals surface area contributed by atoms with Crippen molar-refractivity contribution in [1.82, 2.24) is 0 Å². The van der Waals surface area contributed by atoms with Crippen molar-refractivity contribution in [3.63, 3.8) is 0 Å². The van der Waals surface area contributed by atoms with E-state index < -0.39 is 5.97 Å². The molecule has 3 nitrogen and oxygen atoms in total. The van der Waals surface area contributed by atoms with E-state index in [0.717, 1.165) is 17.5 Å². The van der Waals surface area contributed by atoms with E-state index >= 15 is 0 Å². The largest absolute Gasteiger partial charge is 0.507 e. The molecule has 0 saturated heterocycles. The normalized spacial score (nSPS) is 13.1. The molecule has 2 unspecified atom stereocenters. The van der Waals surface area contributed by atoms with Crippen LogP contribution < -0.4 is 0 Å². The number of aryl methyl sites for hydroxylation is 2. The molecule has 0 bridgehead atoms. The van der Waals surface area contributed by atoms with Gasteiger partial charge in [-0.15, -0.1) is 0 Å². The Morgan fingerprint density at radius 1 is 0.821 bits per heavy atom. The summed E-state index contributed by atoms with van der Waals surface area (Å²) in [6, 6.07) is 21.8. The minimum absolute atomic E-state index is 0.0376. The van der Waals surface area contributed by atoms with E-state index in [2.05, 4.69) is 69.3 Å². The number of aromatic hydroxyl groups is 1. The van der Waals surface area contributed by atoms with E-state index in [0.29, 0.717) is 5.92 Å². The molecular formula is C25H26O3. The number of carbonyl (C=O) groups is 1. The molecule has 3 heteroatoms. The fourth-order valence-corrected chi connectivity index (χ4v) is 3.59. The van der Waals surface area contributed by atoms with Crippen LogP contribution >= 0.6 is 0 Å². The van der Waals surface area contributed by atoms with Gasteiger partial charge in [0, 0.05) is 5.92 Å². The van der Waals surface area contributed by atoms with Gasteiger partial charge in [0.05, 0.1) is 0 Å². The quantitative estimate of drug-likeness (QED) is 0.553. The third kappa shape index (κ3) is 4.42. The molecular weight excluding hydrogens is 348 g/mol. The molecule has 0 aliphatic carbocycles. The van der Waals surface area contributed by atoms with Crippen molar-refractivity contribution in [1.29, 1.82) is 0 Å². The Labute approximate surface area is 166 Å². The zero-order valence-corrected chi connectivity index (χ0v) is 16.5. The lowest BCUT2D eigenvalue weighted by atomic mass is 9.81. The first kappa shape index (κ1) is 19.7. The molecule has 0 spiro atoms. The van der Waals surface area contributed by atoms with Crippen LogP contribution in [0, 0.1) is 13.8 Å². The molecule has 0 saturated carbocycles. The van der Waals surface area contributed by atoms with Gasteiger partial charge in [-0.1, -0.05) is 72.6 Å². The number of rotatable bonds is 6. The highest BCUT2D eigenvalue weighted by molar-refractivity contribution is 5.91. The Bertz CT molecular complexity index is 956. The number of benzene rings is 3. The van der Waals surface area contributed by atoms with Gasteiger partial charge in [0.1, 0.15) is 11.3 Å². The molecule has 0 aliphatic rings. The van der Waals surface area contributed by atoms with Crippen LogP contribution in [0.15, 0.2) is 66.7 Å². The number of hydrogen-bond acceptors (Lipinski definition) is 2. The Hall–Kier alpha value is -3.07. The summed E-state index contributed by atoms with van der Waals surface area (Å²) < 4.78 is 0. The average molecular weight is 374 g/mol. The molecule has 2 N–H and O–H groups in total. The Kier molecular flexibility index (Phi) is 5.84. The Balaban J connectivity index is 2.00. The number of carboxylic acids is 1. The number of hydrogen-bond donors (Lipinski definition) is 2. The lowest BCUT2D eigenvalue weighted by Crippen LogP contribution is -2.08. The summed E-state index contributed by atoms with van der Waals surface area (Å²) in [5.41, 5.74) is 5.67. The molecule has 0 radical (unpaired) electrons. The van der Waals surface area contributed by atoms with Gasteiger partial charge in [0.15, 0.2) is 0 Å². The molecule has 3 aromatic rings. The molecule has 0 amide bonds. The first-order valence-electron chi connectivity index (χ1n) is 9.54. The third-order valence-electron chi connectivity index (χ3n) is 5.37. The summed E-state index contributed by atoms with van der Waals surface area (Å²) in [6.45, 7) is 6.33. The zero-order chi connectivity index (χ0) is 20.3. The first-order valence-corrected chi connectivity index (χ1v) is 9.54. The van der Waals surface area contributed by atoms with Crippen LogP contribution in [-0.4, -0.2) is 16.2 Å². The predicted molar refractivity (Wildman–Crippen MR) is 112 cm³/mol. The summed E-state index contributed by atoms with van der Waals surface area (Å²) in [5, 5.41) is 19.3. The van der Waals surface area contributed by atoms with Crippen LogP contribution in [0.4, 0.5) is 0 Å². The van der Waals surface area contributed by atoms with Gasteiger partial charge in [-0.25, -0.2) is 4.79 Å². The molecule has 144 valence electrons. The van der Waals surface area contributed by atoms with Gasteiger partial charge >= 0.3 is 5.97 Å². The highest BCUT2D eigenvalue weighted by Gasteiger charge is 2.21. The monoisotopic (exact) mass is 374 g/mol. The maximum Gasteiger partial charge on any atom is 0.339 e. The van der Waals surface area contributed by atoms with Crippen molar-refractivity contribution in [3.8, 4) is 5.75 Å². The fourth-order valence-electron chi connectivity index (χ4n) is 3.59. The average Bonchev–Trinajstić information content (AvgIpc) is 2.67. The lowest BCUT2D eigenvalue weighted by Gasteiger charge is -2.23. The van der Waals surface area contributed by atoms with E-state index in [1.54, 1.807) is 6.07 Å². The van der Waals surface area contributed by atoms with E-state index in [1.807, 2.05) is 6.07 Å². The molecule has 0 heterocycles. The predicted octanol–water partition coefficient (Wildman–Crippen LogP) is 6.03. The summed E-state index contributed by atoms with van der Waals surface area (Å²) in [4.78, 5) is 11.5. The van der Waals surface area contributed by atoms with Gasteiger partial charge in [-0.2, -0.15) is 0 Å². The van der Waals surface area contributed by atoms with Crippen molar-refractivity contribution in [2.24, 2.45) is 0 Å². The zero-order valence-electron chi connectivity index (χ0n) is 16.5. The lowest BCUT2D eigenvalue weighted by molar-refractivity contribution is 0.0693. The maximum absolute atomic E-state index is 11.5. The fraction of sp³-hybridized carbons (Fsp3) is 0.240. The molecule has 3 rings (SSSR count). The van der Waals surface area contributed by atoms with Gasteiger partial charge in [-0.05, 0) is 55.0 Å². The van der Waals surface area contributed by atoms with Crippen molar-refractivity contribution < 1.29 is 15.0 Å². The van der Waals surface area contributed by atoms with Crippen LogP contribution in [0.5, 0.6) is 5.75 Å². The molecule has 0 aliphatic heterocycles. The van der Waals surface area contributed by atoms with Crippen LogP contribution in [0.1, 0.15) is 63.4 Å². The molecule has 28 heavy (non-hydrogen) atoms. The van der Waals surface area contributed by atoms with E-state index in [9.17, 15) is 15.0 Å². The smallest absolute Gasteiger partial charge is 0.339 e. The van der Waals surface area contributed by atoms with Crippen LogP contribution in [0.25, 0.3) is 0 Å². The van der Waals surface area contributed by atoms with Crippen LogP contribution in [0.3, 0.4) is 0 Å². The van der Waals surface area contributed by atoms with E-state index in [-0.39, 0.29) is 17.2 Å². The van der Waals surface area contributed by atoms with E-state index in [4.69, 9.17) is 0 Å². The van der Waals surface area contributed by atoms with Gasteiger partial charge in [-0.3, -0.25) is 0 Å². The second-order valence-corrected chi connectivity index (χ2v) is 7.59. The van der Waals surface area contributed by atoms with Gasteiger partial charge in [0.25, 0.3) is 0 Å². The highest BCUT2D eigenvalue weighted by Crippen LogP contribution is 2.36. The number of aromatic carboxylic acids is 1. The molecule has 0 aromatic heterocycles. The minimum Gasteiger partial charge on any atom is -0.507 e. The van der Waals surface area contributed by atoms with Crippen LogP contribution in [0.2, 0.25) is 0 Å². The number of carboxylic acid groups (broad SMARTS) is 1. The molecule has 2 atom stereocenters. The second kappa shape index (κ2) is 8.30. The van der Waals surface area contributed by atoms with Crippen molar-refractivity contribution in [3.05, 3.63) is 100 Å². The summed E-state index contributed by atoms with van der Waals surface area (Å²) in [6.07, 6.45) is 0.843. The second-order valence-electron chi connectivity index (χ2n) is 7.59. The third-order valence-corrected chi connectivity index (χ3v) is 5.37. The summed E-state index contributed by atoms with van der Waals surface area (Å²) in [7, 11) is 0. The molecule has 0 fully saturated rings.